The van der Waals surface area contributed by atoms with Crippen LogP contribution in [0.15, 0.2) is 0 Å². The van der Waals surface area contributed by atoms with Gasteiger partial charge in [-0.3, -0.25) is 0 Å². The maximum absolute atomic E-state index is 11.1. The highest BCUT2D eigenvalue weighted by Gasteiger charge is 2.32. The normalized spacial score (nSPS) is 28.9. The Morgan fingerprint density at radius 1 is 1.54 bits per heavy atom. The molecule has 0 saturated carbocycles. The van der Waals surface area contributed by atoms with E-state index in [0.29, 0.717) is 6.42 Å². The van der Waals surface area contributed by atoms with Crippen LogP contribution in [0, 0.1) is 5.92 Å². The van der Waals surface area contributed by atoms with Crippen LogP contribution >= 0.6 is 0 Å². The lowest BCUT2D eigenvalue weighted by Crippen LogP contribution is -2.21. The minimum Gasteiger partial charge on any atom is -0.393 e. The molecule has 0 bridgehead atoms. The van der Waals surface area contributed by atoms with E-state index >= 15 is 0 Å². The Labute approximate surface area is 80.1 Å². The summed E-state index contributed by atoms with van der Waals surface area (Å²) >= 11 is 0. The van der Waals surface area contributed by atoms with Crippen molar-refractivity contribution < 1.29 is 13.5 Å². The molecule has 0 aromatic carbocycles. The molecule has 1 saturated heterocycles. The van der Waals surface area contributed by atoms with Gasteiger partial charge in [0.15, 0.2) is 9.84 Å². The number of hydrogen-bond donors (Lipinski definition) is 1. The molecule has 78 valence electrons. The molecule has 0 aliphatic carbocycles. The highest BCUT2D eigenvalue weighted by atomic mass is 32.2. The van der Waals surface area contributed by atoms with E-state index in [0.717, 1.165) is 19.3 Å². The van der Waals surface area contributed by atoms with Crippen LogP contribution in [0.25, 0.3) is 0 Å². The van der Waals surface area contributed by atoms with Crippen molar-refractivity contribution in [3.05, 3.63) is 0 Å². The Balaban J connectivity index is 2.37. The van der Waals surface area contributed by atoms with Crippen molar-refractivity contribution >= 4 is 9.84 Å². The van der Waals surface area contributed by atoms with Crippen LogP contribution in [0.1, 0.15) is 32.6 Å². The molecule has 1 aliphatic heterocycles. The second kappa shape index (κ2) is 4.42. The van der Waals surface area contributed by atoms with Gasteiger partial charge in [0.1, 0.15) is 0 Å². The molecular weight excluding hydrogens is 188 g/mol. The molecule has 0 spiro atoms. The summed E-state index contributed by atoms with van der Waals surface area (Å²) in [4.78, 5) is 0. The van der Waals surface area contributed by atoms with E-state index in [1.54, 1.807) is 0 Å². The average molecular weight is 206 g/mol. The van der Waals surface area contributed by atoms with Gasteiger partial charge in [-0.05, 0) is 18.8 Å². The highest BCUT2D eigenvalue weighted by Crippen LogP contribution is 2.24. The smallest absolute Gasteiger partial charge is 0.150 e. The van der Waals surface area contributed by atoms with Crippen molar-refractivity contribution in [1.82, 2.24) is 0 Å². The first-order chi connectivity index (χ1) is 6.05. The molecule has 3 nitrogen and oxygen atoms in total. The zero-order valence-electron chi connectivity index (χ0n) is 8.07. The van der Waals surface area contributed by atoms with E-state index in [2.05, 4.69) is 6.92 Å². The van der Waals surface area contributed by atoms with Gasteiger partial charge < -0.3 is 5.11 Å². The summed E-state index contributed by atoms with van der Waals surface area (Å²) in [6.45, 7) is 2.07. The summed E-state index contributed by atoms with van der Waals surface area (Å²) in [6, 6.07) is 0. The fourth-order valence-corrected chi connectivity index (χ4v) is 3.65. The van der Waals surface area contributed by atoms with Crippen molar-refractivity contribution in [1.29, 1.82) is 0 Å². The van der Waals surface area contributed by atoms with Gasteiger partial charge in [0.25, 0.3) is 0 Å². The zero-order chi connectivity index (χ0) is 9.90. The number of aliphatic hydroxyl groups excluding tert-OH is 1. The molecule has 2 atom stereocenters. The molecule has 1 rings (SSSR count). The second-order valence-corrected chi connectivity index (χ2v) is 6.10. The van der Waals surface area contributed by atoms with Crippen LogP contribution in [0.5, 0.6) is 0 Å². The van der Waals surface area contributed by atoms with Crippen molar-refractivity contribution in [2.24, 2.45) is 5.92 Å². The maximum Gasteiger partial charge on any atom is 0.150 e. The topological polar surface area (TPSA) is 54.4 Å². The minimum atomic E-state index is -2.83. The summed E-state index contributed by atoms with van der Waals surface area (Å²) in [7, 11) is -2.83. The van der Waals surface area contributed by atoms with E-state index in [1.165, 1.54) is 0 Å². The van der Waals surface area contributed by atoms with Gasteiger partial charge in [0.2, 0.25) is 0 Å². The quantitative estimate of drug-likeness (QED) is 0.745. The van der Waals surface area contributed by atoms with E-state index < -0.39 is 15.9 Å². The van der Waals surface area contributed by atoms with Crippen molar-refractivity contribution in [2.75, 3.05) is 11.5 Å². The molecule has 4 heteroatoms. The Kier molecular flexibility index (Phi) is 3.74. The lowest BCUT2D eigenvalue weighted by molar-refractivity contribution is 0.108. The minimum absolute atomic E-state index is 0.00319. The first-order valence-corrected chi connectivity index (χ1v) is 6.76. The SMILES string of the molecule is CCCCC(O)C1CCS(=O)(=O)C1. The average Bonchev–Trinajstić information content (AvgIpc) is 2.42. The number of unbranched alkanes of at least 4 members (excludes halogenated alkanes) is 1. The fraction of sp³-hybridized carbons (Fsp3) is 1.00. The number of aliphatic hydroxyl groups is 1. The van der Waals surface area contributed by atoms with Gasteiger partial charge in [-0.15, -0.1) is 0 Å². The van der Waals surface area contributed by atoms with Gasteiger partial charge >= 0.3 is 0 Å². The van der Waals surface area contributed by atoms with Crippen LogP contribution in [0.3, 0.4) is 0 Å². The lowest BCUT2D eigenvalue weighted by atomic mass is 9.97. The molecule has 0 aromatic heterocycles. The van der Waals surface area contributed by atoms with E-state index in [-0.39, 0.29) is 17.4 Å². The van der Waals surface area contributed by atoms with Gasteiger partial charge in [-0.2, -0.15) is 0 Å². The number of sulfone groups is 1. The molecule has 1 N–H and O–H groups in total. The summed E-state index contributed by atoms with van der Waals surface area (Å²) in [5, 5.41) is 9.65. The highest BCUT2D eigenvalue weighted by molar-refractivity contribution is 7.91. The largest absolute Gasteiger partial charge is 0.393 e. The molecule has 1 aliphatic rings. The van der Waals surface area contributed by atoms with Crippen LogP contribution in [0.4, 0.5) is 0 Å². The van der Waals surface area contributed by atoms with Crippen LogP contribution < -0.4 is 0 Å². The Morgan fingerprint density at radius 2 is 2.23 bits per heavy atom. The molecule has 2 unspecified atom stereocenters. The van der Waals surface area contributed by atoms with Crippen LogP contribution in [-0.4, -0.2) is 31.1 Å². The number of rotatable bonds is 4. The first-order valence-electron chi connectivity index (χ1n) is 4.93. The van der Waals surface area contributed by atoms with E-state index in [4.69, 9.17) is 0 Å². The van der Waals surface area contributed by atoms with Gasteiger partial charge in [-0.25, -0.2) is 8.42 Å². The lowest BCUT2D eigenvalue weighted by Gasteiger charge is -2.15. The van der Waals surface area contributed by atoms with E-state index in [1.807, 2.05) is 0 Å². The Hall–Kier alpha value is -0.0900. The number of hydrogen-bond acceptors (Lipinski definition) is 3. The van der Waals surface area contributed by atoms with Gasteiger partial charge in [0.05, 0.1) is 17.6 Å². The summed E-state index contributed by atoms with van der Waals surface area (Å²) in [5.41, 5.74) is 0. The monoisotopic (exact) mass is 206 g/mol. The van der Waals surface area contributed by atoms with Crippen LogP contribution in [0.2, 0.25) is 0 Å². The first kappa shape index (κ1) is 11.0. The van der Waals surface area contributed by atoms with Crippen molar-refractivity contribution in [2.45, 2.75) is 38.7 Å². The Morgan fingerprint density at radius 3 is 2.69 bits per heavy atom. The molecule has 13 heavy (non-hydrogen) atoms. The van der Waals surface area contributed by atoms with Crippen molar-refractivity contribution in [3.63, 3.8) is 0 Å². The third kappa shape index (κ3) is 3.27. The fourth-order valence-electron chi connectivity index (χ4n) is 1.78. The second-order valence-electron chi connectivity index (χ2n) is 3.87. The molecule has 0 aromatic rings. The molecule has 1 fully saturated rings. The summed E-state index contributed by atoms with van der Waals surface area (Å²) in [5.74, 6) is 0.454. The predicted molar refractivity (Wildman–Crippen MR) is 52.3 cm³/mol. The Bertz CT molecular complexity index is 246. The summed E-state index contributed by atoms with van der Waals surface area (Å²) in [6.07, 6.45) is 3.02. The maximum atomic E-state index is 11.1. The van der Waals surface area contributed by atoms with Gasteiger partial charge in [0, 0.05) is 0 Å². The predicted octanol–water partition coefficient (Wildman–Crippen LogP) is 0.972. The standard InChI is InChI=1S/C9H18O3S/c1-2-3-4-9(10)8-5-6-13(11,12)7-8/h8-10H,2-7H2,1H3. The zero-order valence-corrected chi connectivity index (χ0v) is 8.89. The molecule has 0 amide bonds. The molecule has 1 heterocycles. The summed E-state index contributed by atoms with van der Waals surface area (Å²) < 4.78 is 22.2. The third-order valence-electron chi connectivity index (χ3n) is 2.67. The van der Waals surface area contributed by atoms with Gasteiger partial charge in [-0.1, -0.05) is 19.8 Å². The third-order valence-corrected chi connectivity index (χ3v) is 4.46. The van der Waals surface area contributed by atoms with Crippen molar-refractivity contribution in [3.8, 4) is 0 Å². The van der Waals surface area contributed by atoms with Crippen LogP contribution in [-0.2, 0) is 9.84 Å². The molecular formula is C9H18O3S. The van der Waals surface area contributed by atoms with E-state index in [9.17, 15) is 13.5 Å². The molecule has 0 radical (unpaired) electrons.